The van der Waals surface area contributed by atoms with E-state index in [1.54, 1.807) is 0 Å². The highest BCUT2D eigenvalue weighted by Crippen LogP contribution is 2.22. The van der Waals surface area contributed by atoms with Crippen LogP contribution in [0, 0.1) is 0 Å². The molecule has 0 atom stereocenters. The Morgan fingerprint density at radius 2 is 0.947 bits per heavy atom. The fourth-order valence-corrected chi connectivity index (χ4v) is 3.03. The maximum absolute atomic E-state index is 3.89. The van der Waals surface area contributed by atoms with Crippen LogP contribution in [-0.4, -0.2) is 11.1 Å². The molecule has 1 nitrogen and oxygen atoms in total. The van der Waals surface area contributed by atoms with E-state index in [1.807, 2.05) is 0 Å². The highest BCUT2D eigenvalue weighted by molar-refractivity contribution is 4.88. The van der Waals surface area contributed by atoms with Crippen molar-refractivity contribution >= 4 is 0 Å². The summed E-state index contributed by atoms with van der Waals surface area (Å²) < 4.78 is 0. The van der Waals surface area contributed by atoms with Crippen molar-refractivity contribution in [1.82, 2.24) is 5.32 Å². The summed E-state index contributed by atoms with van der Waals surface area (Å²) in [5, 5.41) is 3.89. The Morgan fingerprint density at radius 1 is 0.579 bits per heavy atom. The zero-order valence-electron chi connectivity index (χ0n) is 14.6. The first-order valence-electron chi connectivity index (χ1n) is 8.62. The SMILES string of the molecule is CCCCCCC(C)(C)NC(C)(C)CCCCCC. The molecular formula is C18H39N. The van der Waals surface area contributed by atoms with Gasteiger partial charge in [-0.05, 0) is 40.5 Å². The second-order valence-corrected chi connectivity index (χ2v) is 7.51. The van der Waals surface area contributed by atoms with Crippen LogP contribution < -0.4 is 5.32 Å². The van der Waals surface area contributed by atoms with Crippen LogP contribution >= 0.6 is 0 Å². The molecular weight excluding hydrogens is 230 g/mol. The van der Waals surface area contributed by atoms with Crippen molar-refractivity contribution in [3.63, 3.8) is 0 Å². The van der Waals surface area contributed by atoms with Crippen molar-refractivity contribution < 1.29 is 0 Å². The van der Waals surface area contributed by atoms with E-state index in [1.165, 1.54) is 64.2 Å². The fourth-order valence-electron chi connectivity index (χ4n) is 3.03. The summed E-state index contributed by atoms with van der Waals surface area (Å²) in [6.07, 6.45) is 13.5. The van der Waals surface area contributed by atoms with Gasteiger partial charge in [-0.1, -0.05) is 65.2 Å². The predicted octanol–water partition coefficient (Wildman–Crippen LogP) is 6.07. The van der Waals surface area contributed by atoms with Crippen LogP contribution in [-0.2, 0) is 0 Å². The molecule has 0 spiro atoms. The van der Waals surface area contributed by atoms with E-state index in [-0.39, 0.29) is 11.1 Å². The molecule has 19 heavy (non-hydrogen) atoms. The third-order valence-electron chi connectivity index (χ3n) is 3.99. The van der Waals surface area contributed by atoms with Gasteiger partial charge in [-0.3, -0.25) is 0 Å². The Bertz CT molecular complexity index is 184. The minimum absolute atomic E-state index is 0.280. The summed E-state index contributed by atoms with van der Waals surface area (Å²) in [7, 11) is 0. The van der Waals surface area contributed by atoms with Crippen molar-refractivity contribution in [3.05, 3.63) is 0 Å². The Kier molecular flexibility index (Phi) is 9.78. The topological polar surface area (TPSA) is 12.0 Å². The second kappa shape index (κ2) is 9.80. The molecule has 0 heterocycles. The minimum Gasteiger partial charge on any atom is -0.307 e. The van der Waals surface area contributed by atoms with Gasteiger partial charge in [0.2, 0.25) is 0 Å². The summed E-state index contributed by atoms with van der Waals surface area (Å²) in [4.78, 5) is 0. The van der Waals surface area contributed by atoms with Crippen molar-refractivity contribution in [2.24, 2.45) is 0 Å². The highest BCUT2D eigenvalue weighted by atomic mass is 15.0. The zero-order chi connectivity index (χ0) is 14.8. The van der Waals surface area contributed by atoms with Crippen LogP contribution in [0.2, 0.25) is 0 Å². The van der Waals surface area contributed by atoms with Gasteiger partial charge < -0.3 is 5.32 Å². The molecule has 0 aromatic rings. The molecule has 0 unspecified atom stereocenters. The first-order chi connectivity index (χ1) is 8.83. The van der Waals surface area contributed by atoms with E-state index in [2.05, 4.69) is 46.9 Å². The number of nitrogens with one attached hydrogen (secondary N) is 1. The maximum Gasteiger partial charge on any atom is 0.0130 e. The summed E-state index contributed by atoms with van der Waals surface area (Å²) in [6.45, 7) is 14.0. The lowest BCUT2D eigenvalue weighted by Gasteiger charge is -2.37. The first-order valence-corrected chi connectivity index (χ1v) is 8.62. The van der Waals surface area contributed by atoms with Gasteiger partial charge in [0.15, 0.2) is 0 Å². The number of rotatable bonds is 12. The summed E-state index contributed by atoms with van der Waals surface area (Å²) in [5.41, 5.74) is 0.560. The molecule has 0 aromatic carbocycles. The van der Waals surface area contributed by atoms with Gasteiger partial charge in [0, 0.05) is 11.1 Å². The van der Waals surface area contributed by atoms with Gasteiger partial charge >= 0.3 is 0 Å². The molecule has 116 valence electrons. The monoisotopic (exact) mass is 269 g/mol. The van der Waals surface area contributed by atoms with E-state index < -0.39 is 0 Å². The molecule has 0 bridgehead atoms. The molecule has 1 heteroatoms. The van der Waals surface area contributed by atoms with Gasteiger partial charge in [-0.2, -0.15) is 0 Å². The summed E-state index contributed by atoms with van der Waals surface area (Å²) >= 11 is 0. The number of hydrogen-bond acceptors (Lipinski definition) is 1. The van der Waals surface area contributed by atoms with Gasteiger partial charge in [0.25, 0.3) is 0 Å². The summed E-state index contributed by atoms with van der Waals surface area (Å²) in [5.74, 6) is 0. The lowest BCUT2D eigenvalue weighted by molar-refractivity contribution is 0.230. The lowest BCUT2D eigenvalue weighted by Crippen LogP contribution is -2.51. The lowest BCUT2D eigenvalue weighted by atomic mass is 9.89. The average Bonchev–Trinajstić information content (AvgIpc) is 2.29. The van der Waals surface area contributed by atoms with E-state index in [4.69, 9.17) is 0 Å². The van der Waals surface area contributed by atoms with E-state index in [0.29, 0.717) is 0 Å². The van der Waals surface area contributed by atoms with Crippen LogP contribution in [0.4, 0.5) is 0 Å². The second-order valence-electron chi connectivity index (χ2n) is 7.51. The Balaban J connectivity index is 3.93. The predicted molar refractivity (Wildman–Crippen MR) is 88.8 cm³/mol. The van der Waals surface area contributed by atoms with Gasteiger partial charge in [-0.15, -0.1) is 0 Å². The highest BCUT2D eigenvalue weighted by Gasteiger charge is 2.26. The molecule has 0 aliphatic carbocycles. The van der Waals surface area contributed by atoms with Gasteiger partial charge in [0.05, 0.1) is 0 Å². The van der Waals surface area contributed by atoms with Crippen LogP contribution in [0.25, 0.3) is 0 Å². The molecule has 0 saturated heterocycles. The number of unbranched alkanes of at least 4 members (excludes halogenated alkanes) is 6. The maximum atomic E-state index is 3.89. The third kappa shape index (κ3) is 11.5. The van der Waals surface area contributed by atoms with Crippen LogP contribution in [0.5, 0.6) is 0 Å². The van der Waals surface area contributed by atoms with E-state index in [9.17, 15) is 0 Å². The normalized spacial score (nSPS) is 12.9. The van der Waals surface area contributed by atoms with Crippen molar-refractivity contribution in [3.8, 4) is 0 Å². The standard InChI is InChI=1S/C18H39N/c1-7-9-11-13-15-17(3,4)19-18(5,6)16-14-12-10-8-2/h19H,7-16H2,1-6H3. The quantitative estimate of drug-likeness (QED) is 0.424. The van der Waals surface area contributed by atoms with Crippen molar-refractivity contribution in [2.45, 2.75) is 117 Å². The third-order valence-corrected chi connectivity index (χ3v) is 3.99. The van der Waals surface area contributed by atoms with Crippen molar-refractivity contribution in [2.75, 3.05) is 0 Å². The molecule has 0 fully saturated rings. The van der Waals surface area contributed by atoms with Gasteiger partial charge in [-0.25, -0.2) is 0 Å². The molecule has 0 saturated carbocycles. The largest absolute Gasteiger partial charge is 0.307 e. The first kappa shape index (κ1) is 19.0. The van der Waals surface area contributed by atoms with Gasteiger partial charge in [0.1, 0.15) is 0 Å². The number of hydrogen-bond donors (Lipinski definition) is 1. The molecule has 0 aliphatic rings. The average molecular weight is 270 g/mol. The molecule has 0 aliphatic heterocycles. The zero-order valence-corrected chi connectivity index (χ0v) is 14.6. The van der Waals surface area contributed by atoms with Crippen LogP contribution in [0.15, 0.2) is 0 Å². The smallest absolute Gasteiger partial charge is 0.0130 e. The Morgan fingerprint density at radius 3 is 1.26 bits per heavy atom. The fraction of sp³-hybridized carbons (Fsp3) is 1.00. The van der Waals surface area contributed by atoms with Crippen molar-refractivity contribution in [1.29, 1.82) is 0 Å². The molecule has 0 radical (unpaired) electrons. The van der Waals surface area contributed by atoms with Crippen LogP contribution in [0.1, 0.15) is 106 Å². The molecule has 1 N–H and O–H groups in total. The van der Waals surface area contributed by atoms with E-state index >= 15 is 0 Å². The molecule has 0 rings (SSSR count). The Hall–Kier alpha value is -0.0400. The minimum atomic E-state index is 0.280. The Labute approximate surface area is 122 Å². The van der Waals surface area contributed by atoms with Crippen LogP contribution in [0.3, 0.4) is 0 Å². The molecule has 0 amide bonds. The molecule has 0 aromatic heterocycles. The summed E-state index contributed by atoms with van der Waals surface area (Å²) in [6, 6.07) is 0. The van der Waals surface area contributed by atoms with E-state index in [0.717, 1.165) is 0 Å².